The van der Waals surface area contributed by atoms with E-state index in [4.69, 9.17) is 0 Å². The average Bonchev–Trinajstić information content (AvgIpc) is 2.55. The van der Waals surface area contributed by atoms with Crippen molar-refractivity contribution in [2.45, 2.75) is 5.92 Å². The van der Waals surface area contributed by atoms with Gasteiger partial charge in [0.25, 0.3) is 0 Å². The highest BCUT2D eigenvalue weighted by atomic mass is 16.6. The van der Waals surface area contributed by atoms with Crippen LogP contribution in [-0.4, -0.2) is 14.8 Å². The van der Waals surface area contributed by atoms with Gasteiger partial charge in [-0.2, -0.15) is 5.26 Å². The Balaban J connectivity index is 2.62. The molecule has 0 aliphatic heterocycles. The molecule has 0 heterocycles. The van der Waals surface area contributed by atoms with E-state index in [0.717, 1.165) is 0 Å². The summed E-state index contributed by atoms with van der Waals surface area (Å²) in [5, 5.41) is 42.9. The van der Waals surface area contributed by atoms with E-state index in [9.17, 15) is 35.6 Å². The average molecular weight is 329 g/mol. The van der Waals surface area contributed by atoms with Crippen LogP contribution in [0, 0.1) is 53.6 Å². The Hall–Kier alpha value is -3.74. The Kier molecular flexibility index (Phi) is 4.55. The standard InChI is InChI=1S/C14H9N4O6/c15-8-11(9-4-2-1-3-5-9)14-12(17(21)22)6-10(16(19)20)7-13(14)18(23)24/h1-7,11,14H/q-1. The van der Waals surface area contributed by atoms with Crippen LogP contribution >= 0.6 is 0 Å². The van der Waals surface area contributed by atoms with Gasteiger partial charge in [0.05, 0.1) is 22.8 Å². The van der Waals surface area contributed by atoms with Gasteiger partial charge >= 0.3 is 0 Å². The molecule has 2 atom stereocenters. The van der Waals surface area contributed by atoms with Gasteiger partial charge < -0.3 is 0 Å². The Morgan fingerprint density at radius 3 is 2.17 bits per heavy atom. The lowest BCUT2D eigenvalue weighted by Crippen LogP contribution is -2.32. The second kappa shape index (κ2) is 6.57. The normalized spacial score (nSPS) is 18.0. The minimum atomic E-state index is -1.52. The Morgan fingerprint density at radius 2 is 1.71 bits per heavy atom. The molecule has 0 N–H and O–H groups in total. The van der Waals surface area contributed by atoms with Gasteiger partial charge in [0, 0.05) is 6.08 Å². The number of allylic oxidation sites excluding steroid dienone is 1. The molecule has 24 heavy (non-hydrogen) atoms. The molecule has 10 nitrogen and oxygen atoms in total. The number of hydrogen-bond acceptors (Lipinski definition) is 7. The van der Waals surface area contributed by atoms with Gasteiger partial charge in [0.1, 0.15) is 11.7 Å². The van der Waals surface area contributed by atoms with Gasteiger partial charge in [-0.05, 0) is 15.4 Å². The number of rotatable bonds is 5. The van der Waals surface area contributed by atoms with Gasteiger partial charge in [0.2, 0.25) is 5.70 Å². The topological polar surface area (TPSA) is 153 Å². The molecule has 0 saturated heterocycles. The molecule has 0 spiro atoms. The van der Waals surface area contributed by atoms with Crippen molar-refractivity contribution in [2.75, 3.05) is 0 Å². The molecule has 1 aliphatic carbocycles. The summed E-state index contributed by atoms with van der Waals surface area (Å²) in [7, 11) is 0. The van der Waals surface area contributed by atoms with Crippen molar-refractivity contribution in [2.24, 2.45) is 5.92 Å². The monoisotopic (exact) mass is 329 g/mol. The van der Waals surface area contributed by atoms with Crippen LogP contribution in [0.2, 0.25) is 0 Å². The summed E-state index contributed by atoms with van der Waals surface area (Å²) in [5.41, 5.74) is -1.18. The lowest BCUT2D eigenvalue weighted by atomic mass is 9.77. The van der Waals surface area contributed by atoms with E-state index in [2.05, 4.69) is 0 Å². The maximum absolute atomic E-state index is 11.3. The zero-order valence-corrected chi connectivity index (χ0v) is 11.9. The van der Waals surface area contributed by atoms with E-state index >= 15 is 0 Å². The van der Waals surface area contributed by atoms with Crippen LogP contribution in [0.3, 0.4) is 0 Å². The summed E-state index contributed by atoms with van der Waals surface area (Å²) in [5.74, 6) is -2.75. The third-order valence-corrected chi connectivity index (χ3v) is 3.49. The highest BCUT2D eigenvalue weighted by Crippen LogP contribution is 2.41. The first-order valence-corrected chi connectivity index (χ1v) is 6.54. The molecule has 10 heteroatoms. The summed E-state index contributed by atoms with van der Waals surface area (Å²) in [6, 6.07) is 8.92. The van der Waals surface area contributed by atoms with E-state index in [-0.39, 0.29) is 0 Å². The third-order valence-electron chi connectivity index (χ3n) is 3.49. The molecular formula is C14H9N4O6-. The fraction of sp³-hybridized carbons (Fsp3) is 0.143. The lowest BCUT2D eigenvalue weighted by Gasteiger charge is -2.28. The molecule has 2 rings (SSSR count). The van der Waals surface area contributed by atoms with Gasteiger partial charge in [-0.1, -0.05) is 36.4 Å². The highest BCUT2D eigenvalue weighted by molar-refractivity contribution is 5.38. The van der Waals surface area contributed by atoms with Gasteiger partial charge in [-0.15, -0.1) is 0 Å². The number of nitro groups is 3. The third kappa shape index (κ3) is 3.05. The molecule has 0 fully saturated rings. The zero-order chi connectivity index (χ0) is 17.9. The van der Waals surface area contributed by atoms with E-state index < -0.39 is 44.0 Å². The van der Waals surface area contributed by atoms with Crippen LogP contribution in [0.25, 0.3) is 0 Å². The first-order valence-electron chi connectivity index (χ1n) is 6.54. The van der Waals surface area contributed by atoms with Crippen molar-refractivity contribution in [1.82, 2.24) is 0 Å². The fourth-order valence-corrected chi connectivity index (χ4v) is 2.46. The van der Waals surface area contributed by atoms with Crippen LogP contribution in [0.1, 0.15) is 11.5 Å². The Morgan fingerprint density at radius 1 is 1.08 bits per heavy atom. The SMILES string of the molecule is N#CC(c1ccccc1)C1C([N+](=O)[O-])=CC([N+](=O)[O-])=C[C-]1[N+](=O)[O-]. The minimum absolute atomic E-state index is 0.343. The number of nitriles is 1. The summed E-state index contributed by atoms with van der Waals surface area (Å²) in [4.78, 5) is 30.6. The molecule has 0 bridgehead atoms. The number of nitrogens with zero attached hydrogens (tertiary/aromatic N) is 4. The highest BCUT2D eigenvalue weighted by Gasteiger charge is 2.43. The lowest BCUT2D eigenvalue weighted by molar-refractivity contribution is -0.488. The van der Waals surface area contributed by atoms with E-state index in [0.29, 0.717) is 17.7 Å². The first kappa shape index (κ1) is 16.6. The predicted octanol–water partition coefficient (Wildman–Crippen LogP) is 2.05. The number of benzene rings is 1. The molecule has 0 amide bonds. The van der Waals surface area contributed by atoms with Crippen molar-refractivity contribution in [3.63, 3.8) is 0 Å². The van der Waals surface area contributed by atoms with Crippen LogP contribution in [0.4, 0.5) is 0 Å². The second-order valence-corrected chi connectivity index (χ2v) is 4.83. The van der Waals surface area contributed by atoms with E-state index in [1.165, 1.54) is 12.1 Å². The summed E-state index contributed by atoms with van der Waals surface area (Å²) >= 11 is 0. The molecular weight excluding hydrogens is 320 g/mol. The van der Waals surface area contributed by atoms with Gasteiger partial charge in [-0.3, -0.25) is 30.3 Å². The maximum atomic E-state index is 11.3. The summed E-state index contributed by atoms with van der Waals surface area (Å²) in [6.07, 6.45) is 1.32. The number of hydrogen-bond donors (Lipinski definition) is 0. The van der Waals surface area contributed by atoms with Crippen molar-refractivity contribution >= 4 is 0 Å². The largest absolute Gasteiger partial charge is 0.277 e. The van der Waals surface area contributed by atoms with Gasteiger partial charge in [0.15, 0.2) is 0 Å². The van der Waals surface area contributed by atoms with Crippen molar-refractivity contribution in [3.8, 4) is 6.07 Å². The maximum Gasteiger partial charge on any atom is 0.233 e. The molecule has 1 aliphatic rings. The molecule has 1 aromatic rings. The zero-order valence-electron chi connectivity index (χ0n) is 11.9. The minimum Gasteiger partial charge on any atom is -0.277 e. The van der Waals surface area contributed by atoms with Crippen molar-refractivity contribution in [3.05, 3.63) is 95.8 Å². The Labute approximate surface area is 134 Å². The van der Waals surface area contributed by atoms with Crippen LogP contribution in [0.5, 0.6) is 0 Å². The molecule has 0 saturated carbocycles. The predicted molar refractivity (Wildman–Crippen MR) is 78.7 cm³/mol. The fourth-order valence-electron chi connectivity index (χ4n) is 2.46. The van der Waals surface area contributed by atoms with Crippen LogP contribution in [-0.2, 0) is 0 Å². The molecule has 122 valence electrons. The molecule has 0 radical (unpaired) electrons. The molecule has 2 unspecified atom stereocenters. The van der Waals surface area contributed by atoms with Crippen LogP contribution < -0.4 is 0 Å². The summed E-state index contributed by atoms with van der Waals surface area (Å²) in [6.45, 7) is 0. The van der Waals surface area contributed by atoms with E-state index in [1.54, 1.807) is 18.2 Å². The van der Waals surface area contributed by atoms with E-state index in [1.807, 2.05) is 6.07 Å². The second-order valence-electron chi connectivity index (χ2n) is 4.83. The summed E-state index contributed by atoms with van der Waals surface area (Å²) < 4.78 is 0. The Bertz CT molecular complexity index is 795. The smallest absolute Gasteiger partial charge is 0.233 e. The van der Waals surface area contributed by atoms with Crippen LogP contribution in [0.15, 0.2) is 53.9 Å². The van der Waals surface area contributed by atoms with Crippen molar-refractivity contribution < 1.29 is 14.8 Å². The molecule has 1 aromatic carbocycles. The van der Waals surface area contributed by atoms with Crippen molar-refractivity contribution in [1.29, 1.82) is 5.26 Å². The van der Waals surface area contributed by atoms with Gasteiger partial charge in [-0.25, -0.2) is 0 Å². The first-order chi connectivity index (χ1) is 11.4. The molecule has 0 aromatic heterocycles. The quantitative estimate of drug-likeness (QED) is 0.455.